The molecular formula is C18H25NO2. The van der Waals surface area contributed by atoms with Crippen LogP contribution in [0, 0.1) is 29.1 Å². The predicted octanol–water partition coefficient (Wildman–Crippen LogP) is 4.19. The maximum Gasteiger partial charge on any atom is 0.157 e. The fourth-order valence-corrected chi connectivity index (χ4v) is 1.91. The second kappa shape index (κ2) is 7.83. The van der Waals surface area contributed by atoms with Gasteiger partial charge in [-0.15, -0.1) is 0 Å². The minimum Gasteiger partial charge on any atom is -0.493 e. The quantitative estimate of drug-likeness (QED) is 0.755. The molecule has 0 N–H and O–H groups in total. The van der Waals surface area contributed by atoms with Gasteiger partial charge in [-0.2, -0.15) is 5.26 Å². The zero-order valence-corrected chi connectivity index (χ0v) is 13.6. The van der Waals surface area contributed by atoms with E-state index in [1.807, 2.05) is 45.0 Å². The number of ether oxygens (including phenoxy) is 1. The third-order valence-corrected chi connectivity index (χ3v) is 3.66. The molecule has 114 valence electrons. The average Bonchev–Trinajstić information content (AvgIpc) is 2.46. The molecular weight excluding hydrogens is 262 g/mol. The van der Waals surface area contributed by atoms with Crippen molar-refractivity contribution in [1.82, 2.24) is 0 Å². The Hall–Kier alpha value is -1.82. The van der Waals surface area contributed by atoms with Crippen LogP contribution in [0.1, 0.15) is 46.1 Å². The molecule has 0 saturated carbocycles. The lowest BCUT2D eigenvalue weighted by molar-refractivity contribution is -0.123. The van der Waals surface area contributed by atoms with Gasteiger partial charge in [-0.1, -0.05) is 46.8 Å². The summed E-state index contributed by atoms with van der Waals surface area (Å²) in [7, 11) is 0. The monoisotopic (exact) mass is 287 g/mol. The van der Waals surface area contributed by atoms with E-state index >= 15 is 0 Å². The molecule has 0 saturated heterocycles. The highest BCUT2D eigenvalue weighted by Gasteiger charge is 2.27. The van der Waals surface area contributed by atoms with Crippen LogP contribution in [-0.4, -0.2) is 12.4 Å². The van der Waals surface area contributed by atoms with Gasteiger partial charge in [0.05, 0.1) is 12.7 Å². The molecule has 0 heterocycles. The standard InChI is InChI=1S/C18H25NO2/c1-12(2)11-21-16-8-6-15(7-9-16)17(10-19)18(20)14(5)13(3)4/h6-9,12-14,17H,11H2,1-5H3. The SMILES string of the molecule is CC(C)COc1ccc(C(C#N)C(=O)C(C)C(C)C)cc1. The molecule has 0 amide bonds. The normalized spacial score (nSPS) is 13.8. The number of benzene rings is 1. The Morgan fingerprint density at radius 1 is 1.14 bits per heavy atom. The van der Waals surface area contributed by atoms with E-state index in [0.717, 1.165) is 11.3 Å². The van der Waals surface area contributed by atoms with Gasteiger partial charge in [0.25, 0.3) is 0 Å². The van der Waals surface area contributed by atoms with Gasteiger partial charge in [0.1, 0.15) is 11.7 Å². The topological polar surface area (TPSA) is 50.1 Å². The van der Waals surface area contributed by atoms with Gasteiger partial charge >= 0.3 is 0 Å². The van der Waals surface area contributed by atoms with Crippen molar-refractivity contribution in [2.75, 3.05) is 6.61 Å². The number of ketones is 1. The Morgan fingerprint density at radius 2 is 1.71 bits per heavy atom. The molecule has 0 aliphatic carbocycles. The van der Waals surface area contributed by atoms with Crippen LogP contribution in [-0.2, 0) is 4.79 Å². The van der Waals surface area contributed by atoms with E-state index in [2.05, 4.69) is 19.9 Å². The zero-order valence-electron chi connectivity index (χ0n) is 13.6. The molecule has 1 rings (SSSR count). The number of Topliss-reactive ketones (excluding diaryl/α,β-unsaturated/α-hetero) is 1. The van der Waals surface area contributed by atoms with Gasteiger partial charge in [-0.05, 0) is 29.5 Å². The molecule has 3 nitrogen and oxygen atoms in total. The van der Waals surface area contributed by atoms with Crippen molar-refractivity contribution < 1.29 is 9.53 Å². The number of carbonyl (C=O) groups is 1. The molecule has 0 aliphatic heterocycles. The number of carbonyl (C=O) groups excluding carboxylic acids is 1. The Kier molecular flexibility index (Phi) is 6.42. The highest BCUT2D eigenvalue weighted by atomic mass is 16.5. The number of hydrogen-bond acceptors (Lipinski definition) is 3. The number of nitrogens with zero attached hydrogens (tertiary/aromatic N) is 1. The van der Waals surface area contributed by atoms with Crippen molar-refractivity contribution in [1.29, 1.82) is 5.26 Å². The minimum absolute atomic E-state index is 0.0108. The number of hydrogen-bond donors (Lipinski definition) is 0. The van der Waals surface area contributed by atoms with Crippen molar-refractivity contribution in [2.24, 2.45) is 17.8 Å². The second-order valence-corrected chi connectivity index (χ2v) is 6.27. The van der Waals surface area contributed by atoms with E-state index in [0.29, 0.717) is 12.5 Å². The molecule has 3 heteroatoms. The number of nitriles is 1. The Balaban J connectivity index is 2.83. The summed E-state index contributed by atoms with van der Waals surface area (Å²) in [4.78, 5) is 12.4. The molecule has 1 aromatic carbocycles. The van der Waals surface area contributed by atoms with E-state index in [4.69, 9.17) is 4.74 Å². The first kappa shape index (κ1) is 17.2. The lowest BCUT2D eigenvalue weighted by atomic mass is 9.84. The van der Waals surface area contributed by atoms with Crippen molar-refractivity contribution >= 4 is 5.78 Å². The maximum atomic E-state index is 12.4. The van der Waals surface area contributed by atoms with E-state index < -0.39 is 5.92 Å². The van der Waals surface area contributed by atoms with Gasteiger partial charge in [0.2, 0.25) is 0 Å². The largest absolute Gasteiger partial charge is 0.493 e. The lowest BCUT2D eigenvalue weighted by Gasteiger charge is -2.18. The van der Waals surface area contributed by atoms with E-state index in [1.165, 1.54) is 0 Å². The first-order valence-electron chi connectivity index (χ1n) is 7.52. The minimum atomic E-state index is -0.693. The van der Waals surface area contributed by atoms with Crippen LogP contribution >= 0.6 is 0 Å². The fraction of sp³-hybridized carbons (Fsp3) is 0.556. The van der Waals surface area contributed by atoms with Crippen molar-refractivity contribution in [2.45, 2.75) is 40.5 Å². The molecule has 0 fully saturated rings. The summed E-state index contributed by atoms with van der Waals surface area (Å²) in [6, 6.07) is 9.42. The Morgan fingerprint density at radius 3 is 2.14 bits per heavy atom. The summed E-state index contributed by atoms with van der Waals surface area (Å²) in [5, 5.41) is 9.32. The zero-order chi connectivity index (χ0) is 16.0. The van der Waals surface area contributed by atoms with E-state index in [1.54, 1.807) is 0 Å². The summed E-state index contributed by atoms with van der Waals surface area (Å²) in [5.41, 5.74) is 0.742. The first-order valence-corrected chi connectivity index (χ1v) is 7.52. The van der Waals surface area contributed by atoms with Gasteiger partial charge in [0.15, 0.2) is 5.78 Å². The Bertz CT molecular complexity index is 497. The van der Waals surface area contributed by atoms with E-state index in [-0.39, 0.29) is 17.6 Å². The highest BCUT2D eigenvalue weighted by Crippen LogP contribution is 2.25. The molecule has 21 heavy (non-hydrogen) atoms. The van der Waals surface area contributed by atoms with Gasteiger partial charge in [0, 0.05) is 5.92 Å². The first-order chi connectivity index (χ1) is 9.86. The fourth-order valence-electron chi connectivity index (χ4n) is 1.91. The van der Waals surface area contributed by atoms with E-state index in [9.17, 15) is 10.1 Å². The number of rotatable bonds is 7. The third-order valence-electron chi connectivity index (χ3n) is 3.66. The van der Waals surface area contributed by atoms with Crippen LogP contribution in [0.4, 0.5) is 0 Å². The molecule has 0 aromatic heterocycles. The summed E-state index contributed by atoms with van der Waals surface area (Å²) >= 11 is 0. The second-order valence-electron chi connectivity index (χ2n) is 6.27. The summed E-state index contributed by atoms with van der Waals surface area (Å²) in [6.07, 6.45) is 0. The highest BCUT2D eigenvalue weighted by molar-refractivity contribution is 5.90. The maximum absolute atomic E-state index is 12.4. The molecule has 0 bridgehead atoms. The van der Waals surface area contributed by atoms with Gasteiger partial charge in [-0.3, -0.25) is 4.79 Å². The van der Waals surface area contributed by atoms with Crippen molar-refractivity contribution in [3.63, 3.8) is 0 Å². The van der Waals surface area contributed by atoms with Gasteiger partial charge in [-0.25, -0.2) is 0 Å². The smallest absolute Gasteiger partial charge is 0.157 e. The molecule has 2 unspecified atom stereocenters. The van der Waals surface area contributed by atoms with Gasteiger partial charge < -0.3 is 4.74 Å². The summed E-state index contributed by atoms with van der Waals surface area (Å²) in [6.45, 7) is 10.7. The van der Waals surface area contributed by atoms with Crippen LogP contribution in [0.15, 0.2) is 24.3 Å². The average molecular weight is 287 g/mol. The lowest BCUT2D eigenvalue weighted by Crippen LogP contribution is -2.23. The van der Waals surface area contributed by atoms with Crippen LogP contribution in [0.25, 0.3) is 0 Å². The van der Waals surface area contributed by atoms with Crippen LogP contribution in [0.3, 0.4) is 0 Å². The predicted molar refractivity (Wildman–Crippen MR) is 84.1 cm³/mol. The summed E-state index contributed by atoms with van der Waals surface area (Å²) < 4.78 is 5.61. The molecule has 0 spiro atoms. The van der Waals surface area contributed by atoms with Crippen LogP contribution in [0.5, 0.6) is 5.75 Å². The summed E-state index contributed by atoms with van der Waals surface area (Å²) in [5.74, 6) is 0.650. The molecule has 2 atom stereocenters. The third kappa shape index (κ3) is 4.90. The Labute approximate surface area is 127 Å². The van der Waals surface area contributed by atoms with Crippen molar-refractivity contribution in [3.05, 3.63) is 29.8 Å². The molecule has 0 aliphatic rings. The molecule has 1 aromatic rings. The van der Waals surface area contributed by atoms with Crippen LogP contribution < -0.4 is 4.74 Å². The van der Waals surface area contributed by atoms with Crippen molar-refractivity contribution in [3.8, 4) is 11.8 Å². The molecule has 0 radical (unpaired) electrons. The van der Waals surface area contributed by atoms with Crippen LogP contribution in [0.2, 0.25) is 0 Å².